The van der Waals surface area contributed by atoms with Crippen LogP contribution in [0.15, 0.2) is 0 Å². The summed E-state index contributed by atoms with van der Waals surface area (Å²) in [5.41, 5.74) is 5.56. The first kappa shape index (κ1) is 16.9. The molecule has 5 nitrogen and oxygen atoms in total. The van der Waals surface area contributed by atoms with E-state index in [1.54, 1.807) is 0 Å². The van der Waals surface area contributed by atoms with Gasteiger partial charge in [0.25, 0.3) is 0 Å². The highest BCUT2D eigenvalue weighted by Gasteiger charge is 2.17. The van der Waals surface area contributed by atoms with Gasteiger partial charge >= 0.3 is 11.9 Å². The number of esters is 1. The molecule has 0 saturated heterocycles. The van der Waals surface area contributed by atoms with E-state index in [9.17, 15) is 9.59 Å². The van der Waals surface area contributed by atoms with Crippen LogP contribution in [0.4, 0.5) is 0 Å². The molecule has 0 saturated carbocycles. The molecule has 0 heterocycles. The number of ether oxygens (including phenoxy) is 1. The molecule has 18 heavy (non-hydrogen) atoms. The van der Waals surface area contributed by atoms with Gasteiger partial charge in [0.1, 0.15) is 6.04 Å². The first-order chi connectivity index (χ1) is 8.51. The van der Waals surface area contributed by atoms with Gasteiger partial charge in [-0.3, -0.25) is 9.59 Å². The maximum atomic E-state index is 11.5. The van der Waals surface area contributed by atoms with Gasteiger partial charge in [0.15, 0.2) is 0 Å². The van der Waals surface area contributed by atoms with E-state index in [1.807, 2.05) is 0 Å². The van der Waals surface area contributed by atoms with Crippen LogP contribution in [0.2, 0.25) is 0 Å². The van der Waals surface area contributed by atoms with E-state index < -0.39 is 18.0 Å². The molecule has 0 aromatic carbocycles. The summed E-state index contributed by atoms with van der Waals surface area (Å²) < 4.78 is 5.13. The highest BCUT2D eigenvalue weighted by Crippen LogP contribution is 2.13. The third-order valence-corrected chi connectivity index (χ3v) is 2.98. The van der Waals surface area contributed by atoms with Crippen LogP contribution >= 0.6 is 0 Å². The lowest BCUT2D eigenvalue weighted by Gasteiger charge is -2.16. The molecular weight excluding hydrogens is 234 g/mol. The minimum Gasteiger partial charge on any atom is -0.481 e. The summed E-state index contributed by atoms with van der Waals surface area (Å²) in [4.78, 5) is 21.9. The van der Waals surface area contributed by atoms with E-state index in [1.165, 1.54) is 0 Å². The third kappa shape index (κ3) is 8.06. The van der Waals surface area contributed by atoms with E-state index in [0.717, 1.165) is 25.7 Å². The van der Waals surface area contributed by atoms with Crippen molar-refractivity contribution in [1.82, 2.24) is 0 Å². The standard InChI is InChI=1S/C13H25NO4/c1-3-5-6-10(4-2)9-18-13(17)11(14)7-8-12(15)16/h10-11H,3-9,14H2,1-2H3,(H,15,16). The van der Waals surface area contributed by atoms with Crippen molar-refractivity contribution in [3.63, 3.8) is 0 Å². The van der Waals surface area contributed by atoms with Gasteiger partial charge < -0.3 is 15.6 Å². The van der Waals surface area contributed by atoms with Crippen LogP contribution < -0.4 is 5.73 Å². The van der Waals surface area contributed by atoms with Crippen molar-refractivity contribution in [2.45, 2.75) is 58.4 Å². The van der Waals surface area contributed by atoms with Gasteiger partial charge in [0, 0.05) is 6.42 Å². The number of carbonyl (C=O) groups is 2. The average molecular weight is 259 g/mol. The van der Waals surface area contributed by atoms with Crippen molar-refractivity contribution < 1.29 is 19.4 Å². The van der Waals surface area contributed by atoms with Crippen molar-refractivity contribution in [3.05, 3.63) is 0 Å². The number of carboxylic acid groups (broad SMARTS) is 1. The molecule has 0 bridgehead atoms. The summed E-state index contributed by atoms with van der Waals surface area (Å²) in [6.45, 7) is 4.58. The first-order valence-corrected chi connectivity index (χ1v) is 6.65. The molecule has 0 aliphatic heterocycles. The van der Waals surface area contributed by atoms with Crippen molar-refractivity contribution in [3.8, 4) is 0 Å². The van der Waals surface area contributed by atoms with Crippen molar-refractivity contribution in [1.29, 1.82) is 0 Å². The Hall–Kier alpha value is -1.10. The zero-order valence-corrected chi connectivity index (χ0v) is 11.4. The molecule has 106 valence electrons. The number of nitrogens with two attached hydrogens (primary N) is 1. The maximum Gasteiger partial charge on any atom is 0.322 e. The largest absolute Gasteiger partial charge is 0.481 e. The fourth-order valence-electron chi connectivity index (χ4n) is 1.60. The van der Waals surface area contributed by atoms with Crippen LogP contribution in [-0.4, -0.2) is 29.7 Å². The van der Waals surface area contributed by atoms with Crippen LogP contribution in [0.25, 0.3) is 0 Å². The van der Waals surface area contributed by atoms with Gasteiger partial charge in [-0.2, -0.15) is 0 Å². The molecule has 0 aromatic rings. The van der Waals surface area contributed by atoms with E-state index in [-0.39, 0.29) is 12.8 Å². The maximum absolute atomic E-state index is 11.5. The van der Waals surface area contributed by atoms with Gasteiger partial charge in [-0.1, -0.05) is 33.1 Å². The van der Waals surface area contributed by atoms with Crippen LogP contribution in [0.3, 0.4) is 0 Å². The van der Waals surface area contributed by atoms with E-state index in [2.05, 4.69) is 13.8 Å². The number of hydrogen-bond acceptors (Lipinski definition) is 4. The Morgan fingerprint density at radius 1 is 1.28 bits per heavy atom. The van der Waals surface area contributed by atoms with E-state index in [0.29, 0.717) is 12.5 Å². The lowest BCUT2D eigenvalue weighted by molar-refractivity contribution is -0.147. The highest BCUT2D eigenvalue weighted by atomic mass is 16.5. The molecule has 2 atom stereocenters. The molecule has 0 fully saturated rings. The molecule has 2 unspecified atom stereocenters. The number of carbonyl (C=O) groups excluding carboxylic acids is 1. The number of rotatable bonds is 10. The minimum absolute atomic E-state index is 0.108. The number of unbranched alkanes of at least 4 members (excludes halogenated alkanes) is 1. The molecular formula is C13H25NO4. The first-order valence-electron chi connectivity index (χ1n) is 6.65. The highest BCUT2D eigenvalue weighted by molar-refractivity contribution is 5.76. The van der Waals surface area contributed by atoms with Crippen molar-refractivity contribution in [2.24, 2.45) is 11.7 Å². The zero-order chi connectivity index (χ0) is 14.0. The summed E-state index contributed by atoms with van der Waals surface area (Å²) in [6, 6.07) is -0.829. The normalized spacial score (nSPS) is 13.9. The Bertz CT molecular complexity index is 255. The van der Waals surface area contributed by atoms with Crippen LogP contribution in [-0.2, 0) is 14.3 Å². The molecule has 0 radical (unpaired) electrons. The lowest BCUT2D eigenvalue weighted by Crippen LogP contribution is -2.33. The van der Waals surface area contributed by atoms with Crippen molar-refractivity contribution in [2.75, 3.05) is 6.61 Å². The second-order valence-electron chi connectivity index (χ2n) is 4.59. The van der Waals surface area contributed by atoms with Gasteiger partial charge in [0.2, 0.25) is 0 Å². The molecule has 5 heteroatoms. The molecule has 0 aromatic heterocycles. The molecule has 3 N–H and O–H groups in total. The minimum atomic E-state index is -0.951. The summed E-state index contributed by atoms with van der Waals surface area (Å²) >= 11 is 0. The van der Waals surface area contributed by atoms with Gasteiger partial charge in [-0.15, -0.1) is 0 Å². The van der Waals surface area contributed by atoms with Gasteiger partial charge in [-0.25, -0.2) is 0 Å². The fraction of sp³-hybridized carbons (Fsp3) is 0.846. The second-order valence-corrected chi connectivity index (χ2v) is 4.59. The molecule has 0 spiro atoms. The molecule has 0 aliphatic rings. The average Bonchev–Trinajstić information content (AvgIpc) is 2.35. The molecule has 0 aliphatic carbocycles. The molecule has 0 amide bonds. The van der Waals surface area contributed by atoms with Crippen molar-refractivity contribution >= 4 is 11.9 Å². The Kier molecular flexibility index (Phi) is 9.28. The smallest absolute Gasteiger partial charge is 0.322 e. The van der Waals surface area contributed by atoms with Gasteiger partial charge in [-0.05, 0) is 18.8 Å². The number of carboxylic acids is 1. The fourth-order valence-corrected chi connectivity index (χ4v) is 1.60. The topological polar surface area (TPSA) is 89.6 Å². The quantitative estimate of drug-likeness (QED) is 0.585. The summed E-state index contributed by atoms with van der Waals surface area (Å²) in [5, 5.41) is 8.49. The van der Waals surface area contributed by atoms with Crippen LogP contribution in [0.5, 0.6) is 0 Å². The van der Waals surface area contributed by atoms with Crippen LogP contribution in [0, 0.1) is 5.92 Å². The van der Waals surface area contributed by atoms with Gasteiger partial charge in [0.05, 0.1) is 6.61 Å². The Labute approximate surface area is 109 Å². The Morgan fingerprint density at radius 2 is 1.94 bits per heavy atom. The molecule has 0 rings (SSSR count). The van der Waals surface area contributed by atoms with Crippen LogP contribution in [0.1, 0.15) is 52.4 Å². The Morgan fingerprint density at radius 3 is 2.44 bits per heavy atom. The number of aliphatic carboxylic acids is 1. The Balaban J connectivity index is 3.88. The monoisotopic (exact) mass is 259 g/mol. The predicted molar refractivity (Wildman–Crippen MR) is 69.1 cm³/mol. The third-order valence-electron chi connectivity index (χ3n) is 2.98. The summed E-state index contributed by atoms with van der Waals surface area (Å²) in [7, 11) is 0. The number of hydrogen-bond donors (Lipinski definition) is 2. The predicted octanol–water partition coefficient (Wildman–Crippen LogP) is 1.94. The summed E-state index contributed by atoms with van der Waals surface area (Å²) in [5.74, 6) is -1.07. The van der Waals surface area contributed by atoms with E-state index >= 15 is 0 Å². The zero-order valence-electron chi connectivity index (χ0n) is 11.4. The lowest BCUT2D eigenvalue weighted by atomic mass is 10.0. The SMILES string of the molecule is CCCCC(CC)COC(=O)C(N)CCC(=O)O. The van der Waals surface area contributed by atoms with E-state index in [4.69, 9.17) is 15.6 Å². The second kappa shape index (κ2) is 9.88. The summed E-state index contributed by atoms with van der Waals surface area (Å²) in [6.07, 6.45) is 4.29.